The molecule has 15 heavy (non-hydrogen) atoms. The number of aromatic nitrogens is 2. The van der Waals surface area contributed by atoms with Gasteiger partial charge in [0.05, 0.1) is 11.0 Å². The van der Waals surface area contributed by atoms with E-state index in [1.54, 1.807) is 0 Å². The van der Waals surface area contributed by atoms with Gasteiger partial charge in [-0.25, -0.2) is 9.18 Å². The fraction of sp³-hybridized carbons (Fsp3) is 0.111. The highest BCUT2D eigenvalue weighted by molar-refractivity contribution is 5.77. The van der Waals surface area contributed by atoms with Crippen molar-refractivity contribution in [2.75, 3.05) is 0 Å². The number of hydrogen-bond donors (Lipinski definition) is 2. The molecule has 0 aliphatic heterocycles. The molecule has 0 bridgehead atoms. The van der Waals surface area contributed by atoms with Gasteiger partial charge in [-0.3, -0.25) is 9.36 Å². The standard InChI is InChI=1S/C9H7FN2O3/c10-5-1-2-7-6(3-5)11-9(15)12(7)4-8(13)14/h1-3H,4H2,(H,11,15)(H,13,14). The molecule has 2 aromatic rings. The summed E-state index contributed by atoms with van der Waals surface area (Å²) in [7, 11) is 0. The number of aromatic amines is 1. The molecule has 0 unspecified atom stereocenters. The van der Waals surface area contributed by atoms with E-state index in [4.69, 9.17) is 5.11 Å². The van der Waals surface area contributed by atoms with Crippen LogP contribution in [0.15, 0.2) is 23.0 Å². The monoisotopic (exact) mass is 210 g/mol. The Morgan fingerprint density at radius 2 is 2.27 bits per heavy atom. The maximum Gasteiger partial charge on any atom is 0.327 e. The number of aliphatic carboxylic acids is 1. The minimum atomic E-state index is -1.12. The van der Waals surface area contributed by atoms with Gasteiger partial charge in [0.2, 0.25) is 0 Å². The summed E-state index contributed by atoms with van der Waals surface area (Å²) in [6, 6.07) is 3.69. The van der Waals surface area contributed by atoms with Crippen LogP contribution in [0.5, 0.6) is 0 Å². The summed E-state index contributed by atoms with van der Waals surface area (Å²) in [4.78, 5) is 24.2. The smallest absolute Gasteiger partial charge is 0.327 e. The molecule has 0 saturated carbocycles. The lowest BCUT2D eigenvalue weighted by molar-refractivity contribution is -0.137. The van der Waals surface area contributed by atoms with Crippen molar-refractivity contribution in [3.05, 3.63) is 34.5 Å². The zero-order valence-corrected chi connectivity index (χ0v) is 7.53. The van der Waals surface area contributed by atoms with Crippen molar-refractivity contribution >= 4 is 17.0 Å². The summed E-state index contributed by atoms with van der Waals surface area (Å²) < 4.78 is 13.8. The number of carboxylic acids is 1. The van der Waals surface area contributed by atoms with Crippen LogP contribution in [-0.4, -0.2) is 20.6 Å². The molecule has 0 aliphatic rings. The van der Waals surface area contributed by atoms with Crippen molar-refractivity contribution in [1.82, 2.24) is 9.55 Å². The number of benzene rings is 1. The van der Waals surface area contributed by atoms with E-state index in [0.29, 0.717) is 11.0 Å². The average molecular weight is 210 g/mol. The van der Waals surface area contributed by atoms with Crippen molar-refractivity contribution in [3.63, 3.8) is 0 Å². The predicted molar refractivity (Wildman–Crippen MR) is 50.2 cm³/mol. The number of carboxylic acid groups (broad SMARTS) is 1. The van der Waals surface area contributed by atoms with Crippen LogP contribution < -0.4 is 5.69 Å². The molecule has 0 spiro atoms. The summed E-state index contributed by atoms with van der Waals surface area (Å²) in [5.41, 5.74) is 0.114. The van der Waals surface area contributed by atoms with Crippen LogP contribution in [0, 0.1) is 5.82 Å². The fourth-order valence-electron chi connectivity index (χ4n) is 1.43. The van der Waals surface area contributed by atoms with E-state index in [1.165, 1.54) is 12.1 Å². The summed E-state index contributed by atoms with van der Waals surface area (Å²) in [6.45, 7) is -0.440. The number of rotatable bonds is 2. The number of imidazole rings is 1. The van der Waals surface area contributed by atoms with E-state index in [2.05, 4.69) is 4.98 Å². The second-order valence-corrected chi connectivity index (χ2v) is 3.07. The van der Waals surface area contributed by atoms with Crippen molar-refractivity contribution in [1.29, 1.82) is 0 Å². The van der Waals surface area contributed by atoms with E-state index in [9.17, 15) is 14.0 Å². The van der Waals surface area contributed by atoms with Gasteiger partial charge in [-0.2, -0.15) is 0 Å². The molecule has 2 N–H and O–H groups in total. The van der Waals surface area contributed by atoms with E-state index in [1.807, 2.05) is 0 Å². The SMILES string of the molecule is O=C(O)Cn1c(=O)[nH]c2cc(F)ccc21. The van der Waals surface area contributed by atoms with E-state index < -0.39 is 24.0 Å². The van der Waals surface area contributed by atoms with Crippen LogP contribution in [0.1, 0.15) is 0 Å². The number of halogens is 1. The molecular formula is C9H7FN2O3. The molecule has 78 valence electrons. The van der Waals surface area contributed by atoms with Gasteiger partial charge in [0, 0.05) is 0 Å². The first-order valence-electron chi connectivity index (χ1n) is 4.18. The fourth-order valence-corrected chi connectivity index (χ4v) is 1.43. The molecule has 1 heterocycles. The Bertz CT molecular complexity index is 585. The van der Waals surface area contributed by atoms with E-state index in [0.717, 1.165) is 10.6 Å². The van der Waals surface area contributed by atoms with Crippen LogP contribution in [0.3, 0.4) is 0 Å². The van der Waals surface area contributed by atoms with Gasteiger partial charge in [-0.1, -0.05) is 0 Å². The third-order valence-corrected chi connectivity index (χ3v) is 2.03. The first-order chi connectivity index (χ1) is 7.08. The Morgan fingerprint density at radius 3 is 2.93 bits per heavy atom. The molecule has 0 amide bonds. The Balaban J connectivity index is 2.68. The quantitative estimate of drug-likeness (QED) is 0.760. The average Bonchev–Trinajstić information content (AvgIpc) is 2.41. The van der Waals surface area contributed by atoms with Crippen molar-refractivity contribution in [3.8, 4) is 0 Å². The zero-order valence-electron chi connectivity index (χ0n) is 7.53. The first kappa shape index (κ1) is 9.45. The maximum atomic E-state index is 12.8. The first-order valence-corrected chi connectivity index (χ1v) is 4.18. The van der Waals surface area contributed by atoms with Crippen LogP contribution in [-0.2, 0) is 11.3 Å². The molecule has 0 atom stereocenters. The Kier molecular flexibility index (Phi) is 2.03. The van der Waals surface area contributed by atoms with Gasteiger partial charge in [0.15, 0.2) is 0 Å². The molecule has 6 heteroatoms. The van der Waals surface area contributed by atoms with Gasteiger partial charge < -0.3 is 10.1 Å². The molecular weight excluding hydrogens is 203 g/mol. The van der Waals surface area contributed by atoms with Gasteiger partial charge in [0.25, 0.3) is 0 Å². The predicted octanol–water partition coefficient (Wildman–Crippen LogP) is 0.553. The summed E-state index contributed by atoms with van der Waals surface area (Å²) in [6.07, 6.45) is 0. The molecule has 5 nitrogen and oxygen atoms in total. The zero-order chi connectivity index (χ0) is 11.0. The Hall–Kier alpha value is -2.11. The summed E-state index contributed by atoms with van der Waals surface area (Å²) in [5.74, 6) is -1.60. The van der Waals surface area contributed by atoms with Crippen molar-refractivity contribution < 1.29 is 14.3 Å². The van der Waals surface area contributed by atoms with Crippen molar-refractivity contribution in [2.45, 2.75) is 6.54 Å². The van der Waals surface area contributed by atoms with Crippen LogP contribution in [0.4, 0.5) is 4.39 Å². The van der Waals surface area contributed by atoms with E-state index in [-0.39, 0.29) is 0 Å². The highest BCUT2D eigenvalue weighted by atomic mass is 19.1. The number of hydrogen-bond acceptors (Lipinski definition) is 2. The normalized spacial score (nSPS) is 10.7. The van der Waals surface area contributed by atoms with Crippen LogP contribution in [0.2, 0.25) is 0 Å². The lowest BCUT2D eigenvalue weighted by atomic mass is 10.3. The summed E-state index contributed by atoms with van der Waals surface area (Å²) in [5, 5.41) is 8.58. The highest BCUT2D eigenvalue weighted by Crippen LogP contribution is 2.11. The lowest BCUT2D eigenvalue weighted by Crippen LogP contribution is -2.21. The Morgan fingerprint density at radius 1 is 1.53 bits per heavy atom. The number of nitrogens with zero attached hydrogens (tertiary/aromatic N) is 1. The third-order valence-electron chi connectivity index (χ3n) is 2.03. The highest BCUT2D eigenvalue weighted by Gasteiger charge is 2.09. The third kappa shape index (κ3) is 1.61. The van der Waals surface area contributed by atoms with Gasteiger partial charge in [-0.15, -0.1) is 0 Å². The number of fused-ring (bicyclic) bond motifs is 1. The van der Waals surface area contributed by atoms with Gasteiger partial charge >= 0.3 is 11.7 Å². The lowest BCUT2D eigenvalue weighted by Gasteiger charge is -1.97. The maximum absolute atomic E-state index is 12.8. The summed E-state index contributed by atoms with van der Waals surface area (Å²) >= 11 is 0. The molecule has 1 aromatic heterocycles. The Labute approximate surface area is 82.8 Å². The second-order valence-electron chi connectivity index (χ2n) is 3.07. The molecule has 0 saturated heterocycles. The number of nitrogens with one attached hydrogen (secondary N) is 1. The molecule has 0 fully saturated rings. The molecule has 2 rings (SSSR count). The van der Waals surface area contributed by atoms with Gasteiger partial charge in [-0.05, 0) is 18.2 Å². The van der Waals surface area contributed by atoms with Gasteiger partial charge in [0.1, 0.15) is 12.4 Å². The largest absolute Gasteiger partial charge is 0.480 e. The minimum Gasteiger partial charge on any atom is -0.480 e. The van der Waals surface area contributed by atoms with Crippen LogP contribution >= 0.6 is 0 Å². The number of H-pyrrole nitrogens is 1. The second kappa shape index (κ2) is 3.23. The molecule has 0 aliphatic carbocycles. The topological polar surface area (TPSA) is 75.1 Å². The van der Waals surface area contributed by atoms with Crippen molar-refractivity contribution in [2.24, 2.45) is 0 Å². The molecule has 0 radical (unpaired) electrons. The van der Waals surface area contributed by atoms with E-state index >= 15 is 0 Å². The van der Waals surface area contributed by atoms with Crippen LogP contribution in [0.25, 0.3) is 11.0 Å². The number of carbonyl (C=O) groups is 1. The molecule has 1 aromatic carbocycles. The minimum absolute atomic E-state index is 0.293.